The minimum absolute atomic E-state index is 0.0505. The number of halogens is 1. The summed E-state index contributed by atoms with van der Waals surface area (Å²) in [6, 6.07) is 11.4. The highest BCUT2D eigenvalue weighted by Gasteiger charge is 2.13. The molecular weight excluding hydrogens is 280 g/mol. The zero-order valence-corrected chi connectivity index (χ0v) is 12.3. The summed E-state index contributed by atoms with van der Waals surface area (Å²) in [5.41, 5.74) is 0.927. The molecule has 0 saturated heterocycles. The Morgan fingerprint density at radius 1 is 1.16 bits per heavy atom. The first kappa shape index (κ1) is 14.3. The predicted octanol–water partition coefficient (Wildman–Crippen LogP) is 3.66. The number of aromatic nitrogens is 2. The molecule has 0 aliphatic heterocycles. The molecule has 2 aromatic rings. The molecule has 0 saturated carbocycles. The number of thioether (sulfide) groups is 1. The van der Waals surface area contributed by atoms with E-state index in [0.717, 1.165) is 10.6 Å². The standard InChI is InChI=1S/C14H15ClN2OS/c1-9(18)10(2)19-13-8-12(15)16-14(17-13)11-6-4-3-5-7-11/h3-10,18H,1-2H3. The van der Waals surface area contributed by atoms with Crippen molar-refractivity contribution in [2.75, 3.05) is 0 Å². The average Bonchev–Trinajstić information content (AvgIpc) is 2.39. The lowest BCUT2D eigenvalue weighted by atomic mass is 10.2. The topological polar surface area (TPSA) is 46.0 Å². The van der Waals surface area contributed by atoms with Crippen molar-refractivity contribution in [3.63, 3.8) is 0 Å². The highest BCUT2D eigenvalue weighted by Crippen LogP contribution is 2.27. The fourth-order valence-electron chi connectivity index (χ4n) is 1.46. The fourth-order valence-corrected chi connectivity index (χ4v) is 2.61. The minimum Gasteiger partial charge on any atom is -0.392 e. The molecule has 3 nitrogen and oxygen atoms in total. The van der Waals surface area contributed by atoms with Gasteiger partial charge in [0.25, 0.3) is 0 Å². The maximum Gasteiger partial charge on any atom is 0.162 e. The largest absolute Gasteiger partial charge is 0.392 e. The summed E-state index contributed by atoms with van der Waals surface area (Å²) >= 11 is 7.53. The van der Waals surface area contributed by atoms with Crippen molar-refractivity contribution in [1.82, 2.24) is 9.97 Å². The molecule has 0 aliphatic rings. The first-order valence-corrected chi connectivity index (χ1v) is 7.27. The normalized spacial score (nSPS) is 14.1. The van der Waals surface area contributed by atoms with Crippen LogP contribution in [0.5, 0.6) is 0 Å². The highest BCUT2D eigenvalue weighted by atomic mass is 35.5. The van der Waals surface area contributed by atoms with E-state index in [4.69, 9.17) is 11.6 Å². The molecule has 1 aromatic carbocycles. The molecule has 1 heterocycles. The van der Waals surface area contributed by atoms with E-state index in [1.807, 2.05) is 37.3 Å². The van der Waals surface area contributed by atoms with E-state index >= 15 is 0 Å². The molecule has 2 rings (SSSR count). The maximum absolute atomic E-state index is 9.54. The van der Waals surface area contributed by atoms with Gasteiger partial charge in [0.15, 0.2) is 5.82 Å². The Kier molecular flexibility index (Phi) is 4.80. The van der Waals surface area contributed by atoms with Crippen LogP contribution in [-0.4, -0.2) is 26.4 Å². The van der Waals surface area contributed by atoms with Gasteiger partial charge in [0.2, 0.25) is 0 Å². The first-order chi connectivity index (χ1) is 9.06. The van der Waals surface area contributed by atoms with Crippen LogP contribution in [0.1, 0.15) is 13.8 Å². The van der Waals surface area contributed by atoms with Gasteiger partial charge in [-0.1, -0.05) is 48.9 Å². The summed E-state index contributed by atoms with van der Waals surface area (Å²) in [6.45, 7) is 3.71. The van der Waals surface area contributed by atoms with E-state index in [1.54, 1.807) is 13.0 Å². The summed E-state index contributed by atoms with van der Waals surface area (Å²) in [6.07, 6.45) is -0.404. The molecule has 0 bridgehead atoms. The summed E-state index contributed by atoms with van der Waals surface area (Å²) in [4.78, 5) is 8.72. The zero-order chi connectivity index (χ0) is 13.8. The van der Waals surface area contributed by atoms with E-state index in [0.29, 0.717) is 11.0 Å². The third-order valence-electron chi connectivity index (χ3n) is 2.69. The molecule has 2 atom stereocenters. The molecule has 1 aromatic heterocycles. The molecular formula is C14H15ClN2OS. The Morgan fingerprint density at radius 2 is 1.84 bits per heavy atom. The Bertz CT molecular complexity index is 548. The van der Waals surface area contributed by atoms with Gasteiger partial charge in [-0.2, -0.15) is 0 Å². The first-order valence-electron chi connectivity index (χ1n) is 6.01. The maximum atomic E-state index is 9.54. The van der Waals surface area contributed by atoms with Gasteiger partial charge in [0.05, 0.1) is 6.10 Å². The summed E-state index contributed by atoms with van der Waals surface area (Å²) in [5, 5.41) is 10.8. The molecule has 0 spiro atoms. The van der Waals surface area contributed by atoms with E-state index in [9.17, 15) is 5.11 Å². The lowest BCUT2D eigenvalue weighted by molar-refractivity contribution is 0.196. The average molecular weight is 295 g/mol. The number of aliphatic hydroxyl groups is 1. The quantitative estimate of drug-likeness (QED) is 0.690. The van der Waals surface area contributed by atoms with E-state index < -0.39 is 6.10 Å². The lowest BCUT2D eigenvalue weighted by Crippen LogP contribution is -2.15. The van der Waals surface area contributed by atoms with E-state index in [2.05, 4.69) is 9.97 Å². The van der Waals surface area contributed by atoms with Gasteiger partial charge >= 0.3 is 0 Å². The molecule has 19 heavy (non-hydrogen) atoms. The third kappa shape index (κ3) is 3.93. The van der Waals surface area contributed by atoms with Crippen LogP contribution in [0.15, 0.2) is 41.4 Å². The smallest absolute Gasteiger partial charge is 0.162 e. The molecule has 2 unspecified atom stereocenters. The van der Waals surface area contributed by atoms with Crippen molar-refractivity contribution < 1.29 is 5.11 Å². The second kappa shape index (κ2) is 6.37. The molecule has 0 fully saturated rings. The van der Waals surface area contributed by atoms with Crippen molar-refractivity contribution in [2.45, 2.75) is 30.2 Å². The number of hydrogen-bond acceptors (Lipinski definition) is 4. The van der Waals surface area contributed by atoms with Crippen LogP contribution in [0.25, 0.3) is 11.4 Å². The Balaban J connectivity index is 2.30. The Hall–Kier alpha value is -1.10. The molecule has 0 radical (unpaired) electrons. The van der Waals surface area contributed by atoms with E-state index in [1.165, 1.54) is 11.8 Å². The van der Waals surface area contributed by atoms with Crippen molar-refractivity contribution in [1.29, 1.82) is 0 Å². The van der Waals surface area contributed by atoms with Crippen molar-refractivity contribution in [2.24, 2.45) is 0 Å². The number of aliphatic hydroxyl groups excluding tert-OH is 1. The fraction of sp³-hybridized carbons (Fsp3) is 0.286. The zero-order valence-electron chi connectivity index (χ0n) is 10.7. The van der Waals surface area contributed by atoms with Crippen LogP contribution in [0.2, 0.25) is 5.15 Å². The molecule has 100 valence electrons. The molecule has 1 N–H and O–H groups in total. The van der Waals surface area contributed by atoms with Gasteiger partial charge in [-0.3, -0.25) is 0 Å². The number of benzene rings is 1. The van der Waals surface area contributed by atoms with Crippen LogP contribution in [-0.2, 0) is 0 Å². The van der Waals surface area contributed by atoms with Crippen LogP contribution < -0.4 is 0 Å². The number of hydrogen-bond donors (Lipinski definition) is 1. The molecule has 5 heteroatoms. The number of rotatable bonds is 4. The lowest BCUT2D eigenvalue weighted by Gasteiger charge is -2.13. The van der Waals surface area contributed by atoms with E-state index in [-0.39, 0.29) is 5.25 Å². The minimum atomic E-state index is -0.404. The van der Waals surface area contributed by atoms with Crippen LogP contribution >= 0.6 is 23.4 Å². The Labute approximate surface area is 122 Å². The van der Waals surface area contributed by atoms with Crippen molar-refractivity contribution in [3.05, 3.63) is 41.6 Å². The SMILES string of the molecule is CC(O)C(C)Sc1cc(Cl)nc(-c2ccccc2)n1. The van der Waals surface area contributed by atoms with Crippen molar-refractivity contribution in [3.8, 4) is 11.4 Å². The van der Waals surface area contributed by atoms with Crippen LogP contribution in [0.4, 0.5) is 0 Å². The van der Waals surface area contributed by atoms with Gasteiger partial charge in [0, 0.05) is 16.9 Å². The summed E-state index contributed by atoms with van der Waals surface area (Å²) in [5.74, 6) is 0.605. The summed E-state index contributed by atoms with van der Waals surface area (Å²) in [7, 11) is 0. The number of nitrogens with zero attached hydrogens (tertiary/aromatic N) is 2. The molecule has 0 amide bonds. The van der Waals surface area contributed by atoms with Gasteiger partial charge in [-0.15, -0.1) is 11.8 Å². The van der Waals surface area contributed by atoms with Gasteiger partial charge in [-0.25, -0.2) is 9.97 Å². The van der Waals surface area contributed by atoms with Gasteiger partial charge < -0.3 is 5.11 Å². The third-order valence-corrected chi connectivity index (χ3v) is 4.10. The van der Waals surface area contributed by atoms with Crippen molar-refractivity contribution >= 4 is 23.4 Å². The second-order valence-corrected chi connectivity index (χ2v) is 6.07. The van der Waals surface area contributed by atoms with Gasteiger partial charge in [-0.05, 0) is 6.92 Å². The molecule has 0 aliphatic carbocycles. The highest BCUT2D eigenvalue weighted by molar-refractivity contribution is 7.99. The van der Waals surface area contributed by atoms with Gasteiger partial charge in [0.1, 0.15) is 10.2 Å². The summed E-state index contributed by atoms with van der Waals surface area (Å²) < 4.78 is 0. The second-order valence-electron chi connectivity index (χ2n) is 4.28. The monoisotopic (exact) mass is 294 g/mol. The predicted molar refractivity (Wildman–Crippen MR) is 79.5 cm³/mol. The Morgan fingerprint density at radius 3 is 2.47 bits per heavy atom. The van der Waals surface area contributed by atoms with Crippen LogP contribution in [0, 0.1) is 0 Å². The van der Waals surface area contributed by atoms with Crippen LogP contribution in [0.3, 0.4) is 0 Å².